The summed E-state index contributed by atoms with van der Waals surface area (Å²) in [7, 11) is 0. The summed E-state index contributed by atoms with van der Waals surface area (Å²) in [6, 6.07) is 9.79. The van der Waals surface area contributed by atoms with E-state index in [0.29, 0.717) is 23.8 Å². The first kappa shape index (κ1) is 11.3. The lowest BCUT2D eigenvalue weighted by Crippen LogP contribution is -2.01. The molecule has 0 unspecified atom stereocenters. The molecule has 2 aromatic heterocycles. The second kappa shape index (κ2) is 4.85. The van der Waals surface area contributed by atoms with Crippen molar-refractivity contribution in [1.82, 2.24) is 25.0 Å². The highest BCUT2D eigenvalue weighted by Crippen LogP contribution is 2.15. The van der Waals surface area contributed by atoms with E-state index in [1.807, 2.05) is 30.3 Å². The number of benzene rings is 1. The van der Waals surface area contributed by atoms with E-state index in [0.717, 1.165) is 5.56 Å². The van der Waals surface area contributed by atoms with Gasteiger partial charge < -0.3 is 4.42 Å². The molecule has 0 aliphatic carbocycles. The van der Waals surface area contributed by atoms with Crippen molar-refractivity contribution in [2.75, 3.05) is 0 Å². The molecule has 0 radical (unpaired) electrons. The van der Waals surface area contributed by atoms with Gasteiger partial charge in [-0.15, -0.1) is 10.2 Å². The second-order valence-electron chi connectivity index (χ2n) is 3.98. The van der Waals surface area contributed by atoms with E-state index < -0.39 is 0 Å². The van der Waals surface area contributed by atoms with E-state index in [4.69, 9.17) is 4.42 Å². The maximum atomic E-state index is 5.08. The maximum Gasteiger partial charge on any atom is 0.244 e. The van der Waals surface area contributed by atoms with Gasteiger partial charge in [0.05, 0.1) is 6.54 Å². The smallest absolute Gasteiger partial charge is 0.244 e. The third kappa shape index (κ3) is 2.42. The highest BCUT2D eigenvalue weighted by molar-refractivity contribution is 5.55. The standard InChI is InChI=1S/C13H11N5O/c1-10(13-16-15-9-19-13)7-18-8-14-12(17-18)11-5-3-2-4-6-11/h2-6,8-9H,1,7H2. The second-order valence-corrected chi connectivity index (χ2v) is 3.98. The molecule has 6 heteroatoms. The van der Waals surface area contributed by atoms with Gasteiger partial charge in [-0.1, -0.05) is 36.9 Å². The monoisotopic (exact) mass is 253 g/mol. The van der Waals surface area contributed by atoms with Crippen molar-refractivity contribution in [2.24, 2.45) is 0 Å². The summed E-state index contributed by atoms with van der Waals surface area (Å²) in [5, 5.41) is 11.8. The van der Waals surface area contributed by atoms with Gasteiger partial charge in [-0.05, 0) is 0 Å². The normalized spacial score (nSPS) is 10.5. The fourth-order valence-electron chi connectivity index (χ4n) is 1.68. The lowest BCUT2D eigenvalue weighted by atomic mass is 10.2. The number of hydrogen-bond acceptors (Lipinski definition) is 5. The summed E-state index contributed by atoms with van der Waals surface area (Å²) in [5.74, 6) is 1.09. The van der Waals surface area contributed by atoms with Crippen LogP contribution in [0.15, 0.2) is 54.0 Å². The van der Waals surface area contributed by atoms with Crippen molar-refractivity contribution in [1.29, 1.82) is 0 Å². The molecule has 0 bridgehead atoms. The molecule has 0 amide bonds. The van der Waals surface area contributed by atoms with E-state index >= 15 is 0 Å². The molecular weight excluding hydrogens is 242 g/mol. The molecule has 0 fully saturated rings. The molecule has 0 saturated heterocycles. The first-order chi connectivity index (χ1) is 9.33. The summed E-state index contributed by atoms with van der Waals surface area (Å²) >= 11 is 0. The van der Waals surface area contributed by atoms with Crippen LogP contribution in [-0.2, 0) is 6.54 Å². The van der Waals surface area contributed by atoms with E-state index in [9.17, 15) is 0 Å². The summed E-state index contributed by atoms with van der Waals surface area (Å²) in [6.45, 7) is 4.35. The molecule has 0 spiro atoms. The van der Waals surface area contributed by atoms with E-state index in [1.54, 1.807) is 11.0 Å². The molecule has 2 heterocycles. The predicted molar refractivity (Wildman–Crippen MR) is 68.8 cm³/mol. The van der Waals surface area contributed by atoms with Gasteiger partial charge in [-0.25, -0.2) is 9.67 Å². The molecule has 3 rings (SSSR count). The molecule has 1 aromatic carbocycles. The molecule has 94 valence electrons. The molecule has 0 aliphatic rings. The SMILES string of the molecule is C=C(Cn1cnc(-c2ccccc2)n1)c1nnco1. The highest BCUT2D eigenvalue weighted by Gasteiger charge is 2.08. The Hall–Kier alpha value is -2.76. The zero-order valence-corrected chi connectivity index (χ0v) is 10.1. The lowest BCUT2D eigenvalue weighted by Gasteiger charge is -1.99. The minimum Gasteiger partial charge on any atom is -0.424 e. The molecule has 6 nitrogen and oxygen atoms in total. The fourth-order valence-corrected chi connectivity index (χ4v) is 1.68. The van der Waals surface area contributed by atoms with Crippen molar-refractivity contribution >= 4 is 5.57 Å². The molecule has 0 N–H and O–H groups in total. The maximum absolute atomic E-state index is 5.08. The molecule has 3 aromatic rings. The van der Waals surface area contributed by atoms with Crippen LogP contribution in [0.1, 0.15) is 5.89 Å². The van der Waals surface area contributed by atoms with Crippen LogP contribution in [0.25, 0.3) is 17.0 Å². The zero-order valence-electron chi connectivity index (χ0n) is 10.1. The third-order valence-corrected chi connectivity index (χ3v) is 2.58. The quantitative estimate of drug-likeness (QED) is 0.711. The lowest BCUT2D eigenvalue weighted by molar-refractivity contribution is 0.531. The molecule has 0 saturated carbocycles. The van der Waals surface area contributed by atoms with Gasteiger partial charge in [-0.2, -0.15) is 5.10 Å². The Bertz CT molecular complexity index is 672. The first-order valence-electron chi connectivity index (χ1n) is 5.72. The van der Waals surface area contributed by atoms with Gasteiger partial charge in [0.1, 0.15) is 6.33 Å². The van der Waals surface area contributed by atoms with Crippen LogP contribution in [0, 0.1) is 0 Å². The Labute approximate surface area is 109 Å². The Morgan fingerprint density at radius 3 is 2.84 bits per heavy atom. The first-order valence-corrected chi connectivity index (χ1v) is 5.72. The molecule has 19 heavy (non-hydrogen) atoms. The van der Waals surface area contributed by atoms with Gasteiger partial charge >= 0.3 is 0 Å². The van der Waals surface area contributed by atoms with Gasteiger partial charge in [0.2, 0.25) is 12.3 Å². The Kier molecular flexibility index (Phi) is 2.89. The summed E-state index contributed by atoms with van der Waals surface area (Å²) in [5.41, 5.74) is 1.67. The number of hydrogen-bond donors (Lipinski definition) is 0. The highest BCUT2D eigenvalue weighted by atomic mass is 16.4. The van der Waals surface area contributed by atoms with Crippen molar-refractivity contribution in [2.45, 2.75) is 6.54 Å². The number of nitrogens with zero attached hydrogens (tertiary/aromatic N) is 5. The van der Waals surface area contributed by atoms with E-state index in [-0.39, 0.29) is 0 Å². The van der Waals surface area contributed by atoms with E-state index in [1.165, 1.54) is 6.39 Å². The number of allylic oxidation sites excluding steroid dienone is 1. The summed E-state index contributed by atoms with van der Waals surface area (Å²) in [6.07, 6.45) is 2.93. The van der Waals surface area contributed by atoms with Crippen LogP contribution in [0.3, 0.4) is 0 Å². The average Bonchev–Trinajstić information content (AvgIpc) is 3.11. The van der Waals surface area contributed by atoms with Gasteiger partial charge in [0.25, 0.3) is 0 Å². The predicted octanol–water partition coefficient (Wildman–Crippen LogP) is 2.04. The summed E-state index contributed by atoms with van der Waals surface area (Å²) < 4.78 is 6.77. The van der Waals surface area contributed by atoms with Gasteiger partial charge in [0, 0.05) is 11.1 Å². The van der Waals surface area contributed by atoms with Crippen LogP contribution in [0.4, 0.5) is 0 Å². The van der Waals surface area contributed by atoms with Crippen molar-refractivity contribution in [3.63, 3.8) is 0 Å². The zero-order chi connectivity index (χ0) is 13.1. The third-order valence-electron chi connectivity index (χ3n) is 2.58. The van der Waals surface area contributed by atoms with Gasteiger partial charge in [0.15, 0.2) is 5.82 Å². The summed E-state index contributed by atoms with van der Waals surface area (Å²) in [4.78, 5) is 4.26. The molecule has 0 atom stereocenters. The molecular formula is C13H11N5O. The van der Waals surface area contributed by atoms with Crippen LogP contribution in [0.5, 0.6) is 0 Å². The largest absolute Gasteiger partial charge is 0.424 e. The van der Waals surface area contributed by atoms with Crippen LogP contribution in [-0.4, -0.2) is 25.0 Å². The van der Waals surface area contributed by atoms with Crippen molar-refractivity contribution in [3.05, 3.63) is 55.5 Å². The molecule has 0 aliphatic heterocycles. The number of rotatable bonds is 4. The minimum absolute atomic E-state index is 0.414. The average molecular weight is 253 g/mol. The van der Waals surface area contributed by atoms with Crippen LogP contribution in [0.2, 0.25) is 0 Å². The topological polar surface area (TPSA) is 69.6 Å². The van der Waals surface area contributed by atoms with Crippen molar-refractivity contribution in [3.8, 4) is 11.4 Å². The van der Waals surface area contributed by atoms with Crippen LogP contribution < -0.4 is 0 Å². The van der Waals surface area contributed by atoms with Gasteiger partial charge in [-0.3, -0.25) is 0 Å². The van der Waals surface area contributed by atoms with E-state index in [2.05, 4.69) is 26.9 Å². The minimum atomic E-state index is 0.414. The Morgan fingerprint density at radius 1 is 1.26 bits per heavy atom. The number of aromatic nitrogens is 5. The van der Waals surface area contributed by atoms with Crippen LogP contribution >= 0.6 is 0 Å². The Morgan fingerprint density at radius 2 is 2.11 bits per heavy atom. The Balaban J connectivity index is 1.77. The fraction of sp³-hybridized carbons (Fsp3) is 0.0769. The van der Waals surface area contributed by atoms with Crippen molar-refractivity contribution < 1.29 is 4.42 Å².